The van der Waals surface area contributed by atoms with Gasteiger partial charge in [-0.25, -0.2) is 25.6 Å². The second-order valence-corrected chi connectivity index (χ2v) is 16.7. The van der Waals surface area contributed by atoms with Crippen LogP contribution in [0.1, 0.15) is 26.7 Å². The highest BCUT2D eigenvalue weighted by molar-refractivity contribution is 7.92. The van der Waals surface area contributed by atoms with Gasteiger partial charge in [-0.3, -0.25) is 9.59 Å². The SMILES string of the molecule is CC(=O)Nc1cc(N2CCCNCC2)ccc1S(=O)(=O)c1cccc(F)c1.CC(=O)Nc1cc(N2CCCNCC2)ccc1S(=O)(=O)c1cccc(F)c1. The fourth-order valence-electron chi connectivity index (χ4n) is 6.20. The van der Waals surface area contributed by atoms with Crippen molar-refractivity contribution < 1.29 is 35.2 Å². The van der Waals surface area contributed by atoms with Crippen molar-refractivity contribution in [2.24, 2.45) is 0 Å². The molecule has 0 spiro atoms. The molecular formula is C38H44F2N6O6S2. The van der Waals surface area contributed by atoms with E-state index >= 15 is 0 Å². The molecule has 2 amide bonds. The van der Waals surface area contributed by atoms with Crippen LogP contribution in [0.4, 0.5) is 31.5 Å². The van der Waals surface area contributed by atoms with E-state index in [1.165, 1.54) is 62.4 Å². The maximum Gasteiger partial charge on any atom is 0.221 e. The molecule has 2 saturated heterocycles. The number of sulfone groups is 2. The summed E-state index contributed by atoms with van der Waals surface area (Å²) in [5, 5.41) is 11.8. The van der Waals surface area contributed by atoms with Gasteiger partial charge >= 0.3 is 0 Å². The summed E-state index contributed by atoms with van der Waals surface area (Å²) in [6.45, 7) is 9.41. The van der Waals surface area contributed by atoms with Crippen LogP contribution in [0.2, 0.25) is 0 Å². The third-order valence-corrected chi connectivity index (χ3v) is 12.4. The Labute approximate surface area is 314 Å². The molecule has 4 aromatic carbocycles. The molecule has 4 aromatic rings. The molecule has 2 aliphatic heterocycles. The lowest BCUT2D eigenvalue weighted by atomic mass is 10.2. The quantitative estimate of drug-likeness (QED) is 0.195. The van der Waals surface area contributed by atoms with Crippen LogP contribution in [0, 0.1) is 11.6 Å². The molecule has 12 nitrogen and oxygen atoms in total. The molecule has 288 valence electrons. The largest absolute Gasteiger partial charge is 0.370 e. The highest BCUT2D eigenvalue weighted by Crippen LogP contribution is 2.33. The lowest BCUT2D eigenvalue weighted by molar-refractivity contribution is -0.115. The Morgan fingerprint density at radius 2 is 0.981 bits per heavy atom. The minimum absolute atomic E-state index is 0.0556. The molecule has 6 rings (SSSR count). The first kappa shape index (κ1) is 40.3. The summed E-state index contributed by atoms with van der Waals surface area (Å²) in [6, 6.07) is 19.4. The molecule has 0 atom stereocenters. The number of amides is 2. The molecule has 4 N–H and O–H groups in total. The summed E-state index contributed by atoms with van der Waals surface area (Å²) in [4.78, 5) is 27.1. The zero-order chi connectivity index (χ0) is 38.9. The van der Waals surface area contributed by atoms with Gasteiger partial charge in [0.2, 0.25) is 31.5 Å². The second-order valence-electron chi connectivity index (χ2n) is 12.8. The minimum Gasteiger partial charge on any atom is -0.370 e. The van der Waals surface area contributed by atoms with Crippen molar-refractivity contribution in [3.8, 4) is 0 Å². The molecule has 54 heavy (non-hydrogen) atoms. The predicted molar refractivity (Wildman–Crippen MR) is 205 cm³/mol. The van der Waals surface area contributed by atoms with E-state index in [9.17, 15) is 35.2 Å². The standard InChI is InChI=1S/2C19H22FN3O3S/c2*1-14(24)22-18-13-16(23-10-3-8-21-9-11-23)6-7-19(18)27(25,26)17-5-2-4-15(20)12-17/h2*2,4-7,12-13,21H,3,8-11H2,1H3,(H,22,24). The smallest absolute Gasteiger partial charge is 0.221 e. The number of nitrogens with zero attached hydrogens (tertiary/aromatic N) is 2. The third-order valence-electron chi connectivity index (χ3n) is 8.75. The van der Waals surface area contributed by atoms with E-state index in [-0.39, 0.29) is 42.8 Å². The van der Waals surface area contributed by atoms with E-state index < -0.39 is 31.3 Å². The number of rotatable bonds is 8. The highest BCUT2D eigenvalue weighted by Gasteiger charge is 2.25. The number of nitrogens with one attached hydrogen (secondary N) is 4. The number of carbonyl (C=O) groups is 2. The molecule has 0 saturated carbocycles. The van der Waals surface area contributed by atoms with Crippen LogP contribution in [0.5, 0.6) is 0 Å². The van der Waals surface area contributed by atoms with Gasteiger partial charge in [-0.15, -0.1) is 0 Å². The number of anilines is 4. The maximum atomic E-state index is 13.5. The monoisotopic (exact) mass is 782 g/mol. The molecule has 0 aliphatic carbocycles. The van der Waals surface area contributed by atoms with Crippen LogP contribution < -0.4 is 31.1 Å². The number of halogens is 2. The summed E-state index contributed by atoms with van der Waals surface area (Å²) in [6.07, 6.45) is 1.94. The topological polar surface area (TPSA) is 157 Å². The predicted octanol–water partition coefficient (Wildman–Crippen LogP) is 4.83. The first-order valence-corrected chi connectivity index (χ1v) is 20.5. The van der Waals surface area contributed by atoms with Crippen molar-refractivity contribution in [1.82, 2.24) is 10.6 Å². The van der Waals surface area contributed by atoms with Gasteiger partial charge in [-0.2, -0.15) is 0 Å². The lowest BCUT2D eigenvalue weighted by Gasteiger charge is -2.24. The van der Waals surface area contributed by atoms with Crippen LogP contribution in [-0.4, -0.2) is 81.0 Å². The molecule has 2 aliphatic rings. The summed E-state index contributed by atoms with van der Waals surface area (Å²) in [5.74, 6) is -2.02. The van der Waals surface area contributed by atoms with E-state index in [0.29, 0.717) is 0 Å². The maximum absolute atomic E-state index is 13.5. The van der Waals surface area contributed by atoms with Gasteiger partial charge in [0, 0.05) is 64.5 Å². The van der Waals surface area contributed by atoms with Gasteiger partial charge in [0.15, 0.2) is 0 Å². The first-order valence-electron chi connectivity index (χ1n) is 17.5. The van der Waals surface area contributed by atoms with Crippen LogP contribution in [0.25, 0.3) is 0 Å². The zero-order valence-electron chi connectivity index (χ0n) is 30.1. The molecule has 0 radical (unpaired) electrons. The average Bonchev–Trinajstić information content (AvgIpc) is 3.58. The van der Waals surface area contributed by atoms with Gasteiger partial charge in [-0.05, 0) is 98.7 Å². The average molecular weight is 783 g/mol. The fourth-order valence-corrected chi connectivity index (χ4v) is 9.05. The number of benzene rings is 4. The molecule has 16 heteroatoms. The Kier molecular flexibility index (Phi) is 13.4. The van der Waals surface area contributed by atoms with Crippen LogP contribution in [-0.2, 0) is 29.3 Å². The van der Waals surface area contributed by atoms with Crippen LogP contribution in [0.3, 0.4) is 0 Å². The Morgan fingerprint density at radius 3 is 1.35 bits per heavy atom. The van der Waals surface area contributed by atoms with Crippen LogP contribution in [0.15, 0.2) is 105 Å². The van der Waals surface area contributed by atoms with Gasteiger partial charge in [0.25, 0.3) is 0 Å². The minimum atomic E-state index is -3.98. The van der Waals surface area contributed by atoms with Crippen molar-refractivity contribution in [2.45, 2.75) is 46.3 Å². The zero-order valence-corrected chi connectivity index (χ0v) is 31.7. The van der Waals surface area contributed by atoms with E-state index in [4.69, 9.17) is 0 Å². The van der Waals surface area contributed by atoms with E-state index in [2.05, 4.69) is 31.1 Å². The summed E-state index contributed by atoms with van der Waals surface area (Å²) >= 11 is 0. The number of hydrogen-bond donors (Lipinski definition) is 4. The molecule has 0 bridgehead atoms. The third kappa shape index (κ3) is 10.2. The Balaban J connectivity index is 0.000000208. The van der Waals surface area contributed by atoms with Crippen molar-refractivity contribution in [2.75, 3.05) is 72.8 Å². The van der Waals surface area contributed by atoms with Crippen LogP contribution >= 0.6 is 0 Å². The Hall–Kier alpha value is -4.90. The summed E-state index contributed by atoms with van der Waals surface area (Å²) in [7, 11) is -7.96. The number of carbonyl (C=O) groups excluding carboxylic acids is 2. The van der Waals surface area contributed by atoms with Crippen molar-refractivity contribution in [3.05, 3.63) is 96.6 Å². The highest BCUT2D eigenvalue weighted by atomic mass is 32.2. The Bertz CT molecular complexity index is 2030. The molecular weight excluding hydrogens is 739 g/mol. The van der Waals surface area contributed by atoms with Gasteiger partial charge in [0.05, 0.1) is 31.0 Å². The van der Waals surface area contributed by atoms with Gasteiger partial charge in [-0.1, -0.05) is 12.1 Å². The van der Waals surface area contributed by atoms with Crippen molar-refractivity contribution in [1.29, 1.82) is 0 Å². The van der Waals surface area contributed by atoms with E-state index in [1.807, 2.05) is 0 Å². The molecule has 0 aromatic heterocycles. The normalized spacial score (nSPS) is 15.3. The van der Waals surface area contributed by atoms with E-state index in [1.54, 1.807) is 24.3 Å². The van der Waals surface area contributed by atoms with Crippen molar-refractivity contribution >= 4 is 54.2 Å². The molecule has 2 heterocycles. The first-order chi connectivity index (χ1) is 25.8. The summed E-state index contributed by atoms with van der Waals surface area (Å²) < 4.78 is 79.0. The molecule has 0 unspecified atom stereocenters. The van der Waals surface area contributed by atoms with Gasteiger partial charge < -0.3 is 31.1 Å². The fraction of sp³-hybridized carbons (Fsp3) is 0.316. The van der Waals surface area contributed by atoms with Gasteiger partial charge in [0.1, 0.15) is 11.6 Å². The lowest BCUT2D eigenvalue weighted by Crippen LogP contribution is -2.28. The second kappa shape index (κ2) is 18.0. The number of hydrogen-bond acceptors (Lipinski definition) is 10. The van der Waals surface area contributed by atoms with Crippen molar-refractivity contribution in [3.63, 3.8) is 0 Å². The summed E-state index contributed by atoms with van der Waals surface area (Å²) in [5.41, 5.74) is 2.06. The van der Waals surface area contributed by atoms with E-state index in [0.717, 1.165) is 88.7 Å². The molecule has 2 fully saturated rings. The Morgan fingerprint density at radius 1 is 0.574 bits per heavy atom.